The third kappa shape index (κ3) is 4.56. The zero-order valence-corrected chi connectivity index (χ0v) is 16.0. The van der Waals surface area contributed by atoms with Gasteiger partial charge in [-0.05, 0) is 28.3 Å². The molecule has 1 aliphatic heterocycles. The van der Waals surface area contributed by atoms with Crippen LogP contribution in [0.15, 0.2) is 43.0 Å². The molecule has 6 nitrogen and oxygen atoms in total. The van der Waals surface area contributed by atoms with Crippen LogP contribution in [0, 0.1) is 5.92 Å². The molecule has 0 aliphatic carbocycles. The lowest BCUT2D eigenvalue weighted by atomic mass is 10.0. The van der Waals surface area contributed by atoms with E-state index in [0.717, 1.165) is 51.5 Å². The molecular formula is C20H30N6. The van der Waals surface area contributed by atoms with Gasteiger partial charge in [0.15, 0.2) is 5.82 Å². The molecule has 1 aromatic heterocycles. The number of piperazine rings is 1. The van der Waals surface area contributed by atoms with E-state index in [0.29, 0.717) is 5.92 Å². The molecule has 1 aliphatic rings. The summed E-state index contributed by atoms with van der Waals surface area (Å²) in [6.45, 7) is 14.2. The summed E-state index contributed by atoms with van der Waals surface area (Å²) in [5, 5.41) is 12.7. The van der Waals surface area contributed by atoms with Gasteiger partial charge >= 0.3 is 0 Å². The Kier molecular flexibility index (Phi) is 6.52. The highest BCUT2D eigenvalue weighted by atomic mass is 15.6. The summed E-state index contributed by atoms with van der Waals surface area (Å²) in [5.41, 5.74) is 1.25. The number of tetrazole rings is 1. The molecule has 1 fully saturated rings. The van der Waals surface area contributed by atoms with Gasteiger partial charge in [0.25, 0.3) is 0 Å². The monoisotopic (exact) mass is 354 g/mol. The molecule has 0 spiro atoms. The lowest BCUT2D eigenvalue weighted by Crippen LogP contribution is -2.48. The van der Waals surface area contributed by atoms with Crippen LogP contribution >= 0.6 is 0 Å². The number of hydrogen-bond donors (Lipinski definition) is 0. The molecule has 2 heterocycles. The third-order valence-corrected chi connectivity index (χ3v) is 5.00. The van der Waals surface area contributed by atoms with Crippen LogP contribution in [0.25, 0.3) is 0 Å². The van der Waals surface area contributed by atoms with Crippen molar-refractivity contribution in [3.8, 4) is 0 Å². The van der Waals surface area contributed by atoms with Crippen LogP contribution < -0.4 is 0 Å². The van der Waals surface area contributed by atoms with Crippen LogP contribution in [0.3, 0.4) is 0 Å². The van der Waals surface area contributed by atoms with E-state index in [1.165, 1.54) is 5.56 Å². The van der Waals surface area contributed by atoms with Crippen LogP contribution in [-0.4, -0.2) is 62.7 Å². The van der Waals surface area contributed by atoms with Crippen molar-refractivity contribution in [3.05, 3.63) is 54.4 Å². The molecule has 0 bridgehead atoms. The minimum Gasteiger partial charge on any atom is -0.297 e. The van der Waals surface area contributed by atoms with E-state index in [-0.39, 0.29) is 6.04 Å². The van der Waals surface area contributed by atoms with Gasteiger partial charge < -0.3 is 0 Å². The molecular weight excluding hydrogens is 324 g/mol. The molecule has 1 saturated heterocycles. The lowest BCUT2D eigenvalue weighted by molar-refractivity contribution is 0.112. The summed E-state index contributed by atoms with van der Waals surface area (Å²) >= 11 is 0. The van der Waals surface area contributed by atoms with Crippen molar-refractivity contribution in [2.24, 2.45) is 5.92 Å². The summed E-state index contributed by atoms with van der Waals surface area (Å²) in [6.07, 6.45) is 3.06. The van der Waals surface area contributed by atoms with Crippen molar-refractivity contribution in [3.63, 3.8) is 0 Å². The fourth-order valence-corrected chi connectivity index (χ4v) is 3.49. The van der Waals surface area contributed by atoms with Crippen LogP contribution in [0.4, 0.5) is 0 Å². The van der Waals surface area contributed by atoms with Gasteiger partial charge in [0.1, 0.15) is 0 Å². The first kappa shape index (κ1) is 18.7. The molecule has 140 valence electrons. The molecule has 1 atom stereocenters. The van der Waals surface area contributed by atoms with Gasteiger partial charge in [-0.15, -0.1) is 11.7 Å². The fraction of sp³-hybridized carbons (Fsp3) is 0.550. The Morgan fingerprint density at radius 3 is 2.50 bits per heavy atom. The molecule has 0 unspecified atom stereocenters. The van der Waals surface area contributed by atoms with E-state index < -0.39 is 0 Å². The molecule has 0 saturated carbocycles. The Morgan fingerprint density at radius 1 is 1.12 bits per heavy atom. The standard InChI is InChI=1S/C20H30N6/c1-4-11-24-13-15-25(16-14-24)19(18-8-6-5-7-9-18)20-21-22-23-26(20)12-10-17(2)3/h4-9,17,19H,1,10-16H2,2-3H3/t19-/m1/s1. The van der Waals surface area contributed by atoms with Crippen molar-refractivity contribution in [1.82, 2.24) is 30.0 Å². The summed E-state index contributed by atoms with van der Waals surface area (Å²) in [5.74, 6) is 1.58. The smallest absolute Gasteiger partial charge is 0.173 e. The Hall–Kier alpha value is -2.05. The zero-order chi connectivity index (χ0) is 18.4. The van der Waals surface area contributed by atoms with E-state index in [1.54, 1.807) is 0 Å². The molecule has 26 heavy (non-hydrogen) atoms. The topological polar surface area (TPSA) is 50.1 Å². The molecule has 0 amide bonds. The Balaban J connectivity index is 1.84. The minimum absolute atomic E-state index is 0.101. The maximum absolute atomic E-state index is 4.43. The first-order valence-corrected chi connectivity index (χ1v) is 9.57. The summed E-state index contributed by atoms with van der Waals surface area (Å²) in [7, 11) is 0. The number of aromatic nitrogens is 4. The van der Waals surface area contributed by atoms with Gasteiger partial charge in [0.2, 0.25) is 0 Å². The number of benzene rings is 1. The van der Waals surface area contributed by atoms with Gasteiger partial charge in [0, 0.05) is 39.3 Å². The van der Waals surface area contributed by atoms with Crippen LogP contribution in [0.2, 0.25) is 0 Å². The first-order valence-electron chi connectivity index (χ1n) is 9.57. The van der Waals surface area contributed by atoms with E-state index >= 15 is 0 Å². The highest BCUT2D eigenvalue weighted by molar-refractivity contribution is 5.25. The largest absolute Gasteiger partial charge is 0.297 e. The SMILES string of the molecule is C=CCN1CCN([C@H](c2ccccc2)c2nnnn2CCC(C)C)CC1. The molecule has 1 aromatic carbocycles. The summed E-state index contributed by atoms with van der Waals surface area (Å²) in [6, 6.07) is 10.7. The van der Waals surface area contributed by atoms with Crippen LogP contribution in [0.5, 0.6) is 0 Å². The Labute approximate surface area is 156 Å². The van der Waals surface area contributed by atoms with Crippen molar-refractivity contribution in [2.45, 2.75) is 32.9 Å². The predicted octanol–water partition coefficient (Wildman–Crippen LogP) is 2.61. The van der Waals surface area contributed by atoms with Crippen molar-refractivity contribution in [2.75, 3.05) is 32.7 Å². The number of rotatable bonds is 8. The van der Waals surface area contributed by atoms with E-state index in [4.69, 9.17) is 0 Å². The van der Waals surface area contributed by atoms with Crippen molar-refractivity contribution in [1.29, 1.82) is 0 Å². The summed E-state index contributed by atoms with van der Waals surface area (Å²) in [4.78, 5) is 4.94. The van der Waals surface area contributed by atoms with Gasteiger partial charge in [-0.3, -0.25) is 9.80 Å². The maximum atomic E-state index is 4.43. The van der Waals surface area contributed by atoms with Gasteiger partial charge in [0.05, 0.1) is 6.04 Å². The Bertz CT molecular complexity index is 673. The zero-order valence-electron chi connectivity index (χ0n) is 16.0. The highest BCUT2D eigenvalue weighted by Gasteiger charge is 2.30. The second kappa shape index (κ2) is 9.05. The van der Waals surface area contributed by atoms with Crippen molar-refractivity contribution < 1.29 is 0 Å². The minimum atomic E-state index is 0.101. The molecule has 3 rings (SSSR count). The summed E-state index contributed by atoms with van der Waals surface area (Å²) < 4.78 is 1.99. The average molecular weight is 355 g/mol. The number of hydrogen-bond acceptors (Lipinski definition) is 5. The second-order valence-electron chi connectivity index (χ2n) is 7.38. The van der Waals surface area contributed by atoms with Gasteiger partial charge in [-0.2, -0.15) is 0 Å². The van der Waals surface area contributed by atoms with Crippen molar-refractivity contribution >= 4 is 0 Å². The Morgan fingerprint density at radius 2 is 1.85 bits per heavy atom. The van der Waals surface area contributed by atoms with Gasteiger partial charge in [-0.1, -0.05) is 50.3 Å². The predicted molar refractivity (Wildman–Crippen MR) is 104 cm³/mol. The van der Waals surface area contributed by atoms with Gasteiger partial charge in [-0.25, -0.2) is 4.68 Å². The lowest BCUT2D eigenvalue weighted by Gasteiger charge is -2.38. The number of aryl methyl sites for hydroxylation is 1. The number of nitrogens with zero attached hydrogens (tertiary/aromatic N) is 6. The maximum Gasteiger partial charge on any atom is 0.173 e. The fourth-order valence-electron chi connectivity index (χ4n) is 3.49. The van der Waals surface area contributed by atoms with Crippen LogP contribution in [0.1, 0.15) is 37.7 Å². The molecule has 0 N–H and O–H groups in total. The second-order valence-corrected chi connectivity index (χ2v) is 7.38. The molecule has 2 aromatic rings. The molecule has 6 heteroatoms. The quantitative estimate of drug-likeness (QED) is 0.682. The first-order chi connectivity index (χ1) is 12.7. The third-order valence-electron chi connectivity index (χ3n) is 5.00. The normalized spacial score (nSPS) is 17.5. The van der Waals surface area contributed by atoms with E-state index in [1.807, 2.05) is 10.8 Å². The van der Waals surface area contributed by atoms with E-state index in [9.17, 15) is 0 Å². The van der Waals surface area contributed by atoms with Crippen LogP contribution in [-0.2, 0) is 6.54 Å². The highest BCUT2D eigenvalue weighted by Crippen LogP contribution is 2.28. The molecule has 0 radical (unpaired) electrons. The van der Waals surface area contributed by atoms with E-state index in [2.05, 4.69) is 76.1 Å². The average Bonchev–Trinajstić information content (AvgIpc) is 3.11.